The van der Waals surface area contributed by atoms with Crippen LogP contribution in [0.25, 0.3) is 0 Å². The molecule has 1 fully saturated rings. The van der Waals surface area contributed by atoms with Gasteiger partial charge in [-0.2, -0.15) is 5.10 Å². The Hall–Kier alpha value is -0.870. The third-order valence-corrected chi connectivity index (χ3v) is 4.10. The largest absolute Gasteiger partial charge is 0.383 e. The number of aryl methyl sites for hydroxylation is 1. The van der Waals surface area contributed by atoms with Crippen molar-refractivity contribution < 1.29 is 4.74 Å². The van der Waals surface area contributed by atoms with E-state index in [0.717, 1.165) is 31.3 Å². The molecule has 1 heterocycles. The molecule has 2 rings (SSSR count). The lowest BCUT2D eigenvalue weighted by molar-refractivity contribution is 0.199. The number of aromatic nitrogens is 2. The minimum absolute atomic E-state index is 0.607. The summed E-state index contributed by atoms with van der Waals surface area (Å²) in [5.41, 5.74) is 2.47. The molecule has 0 radical (unpaired) electrons. The third-order valence-electron chi connectivity index (χ3n) is 4.10. The van der Waals surface area contributed by atoms with E-state index >= 15 is 0 Å². The Kier molecular flexibility index (Phi) is 5.40. The lowest BCUT2D eigenvalue weighted by Gasteiger charge is -2.26. The average Bonchev–Trinajstić information content (AvgIpc) is 2.76. The van der Waals surface area contributed by atoms with E-state index in [4.69, 9.17) is 9.84 Å². The molecule has 1 saturated carbocycles. The van der Waals surface area contributed by atoms with Crippen LogP contribution in [0.3, 0.4) is 0 Å². The van der Waals surface area contributed by atoms with Crippen molar-refractivity contribution in [3.05, 3.63) is 17.5 Å². The van der Waals surface area contributed by atoms with Gasteiger partial charge in [-0.25, -0.2) is 0 Å². The number of rotatable bonds is 6. The Bertz CT molecular complexity index is 389. The lowest BCUT2D eigenvalue weighted by atomic mass is 9.87. The van der Waals surface area contributed by atoms with Crippen LogP contribution >= 0.6 is 0 Å². The predicted octanol–water partition coefficient (Wildman–Crippen LogP) is 2.68. The van der Waals surface area contributed by atoms with Crippen LogP contribution in [0.4, 0.5) is 0 Å². The molecule has 4 nitrogen and oxygen atoms in total. The fourth-order valence-corrected chi connectivity index (χ4v) is 2.92. The van der Waals surface area contributed by atoms with Gasteiger partial charge >= 0.3 is 0 Å². The van der Waals surface area contributed by atoms with Crippen LogP contribution in [0.5, 0.6) is 0 Å². The SMILES string of the molecule is COCCNCc1cn(C2CCCC(C)C2)nc1C. The molecule has 4 heteroatoms. The van der Waals surface area contributed by atoms with Gasteiger partial charge in [0.05, 0.1) is 18.3 Å². The first kappa shape index (κ1) is 14.5. The van der Waals surface area contributed by atoms with E-state index < -0.39 is 0 Å². The van der Waals surface area contributed by atoms with Gasteiger partial charge in [-0.05, 0) is 25.7 Å². The quantitative estimate of drug-likeness (QED) is 0.804. The Morgan fingerprint density at radius 1 is 1.47 bits per heavy atom. The molecule has 0 amide bonds. The summed E-state index contributed by atoms with van der Waals surface area (Å²) >= 11 is 0. The summed E-state index contributed by atoms with van der Waals surface area (Å²) < 4.78 is 7.25. The Balaban J connectivity index is 1.92. The summed E-state index contributed by atoms with van der Waals surface area (Å²) in [6.45, 7) is 7.00. The number of hydrogen-bond donors (Lipinski definition) is 1. The van der Waals surface area contributed by atoms with E-state index in [-0.39, 0.29) is 0 Å². The first-order valence-electron chi connectivity index (χ1n) is 7.45. The van der Waals surface area contributed by atoms with Crippen LogP contribution < -0.4 is 5.32 Å². The molecule has 2 unspecified atom stereocenters. The van der Waals surface area contributed by atoms with Crippen molar-refractivity contribution in [3.63, 3.8) is 0 Å². The number of ether oxygens (including phenoxy) is 1. The van der Waals surface area contributed by atoms with E-state index in [1.807, 2.05) is 0 Å². The van der Waals surface area contributed by atoms with E-state index in [0.29, 0.717) is 6.04 Å². The van der Waals surface area contributed by atoms with Gasteiger partial charge in [0.15, 0.2) is 0 Å². The summed E-state index contributed by atoms with van der Waals surface area (Å²) in [6.07, 6.45) is 7.51. The highest BCUT2D eigenvalue weighted by Gasteiger charge is 2.21. The van der Waals surface area contributed by atoms with Crippen molar-refractivity contribution in [3.8, 4) is 0 Å². The van der Waals surface area contributed by atoms with Crippen molar-refractivity contribution in [2.24, 2.45) is 5.92 Å². The molecule has 0 bridgehead atoms. The summed E-state index contributed by atoms with van der Waals surface area (Å²) in [4.78, 5) is 0. The van der Waals surface area contributed by atoms with E-state index in [1.165, 1.54) is 31.2 Å². The van der Waals surface area contributed by atoms with Crippen LogP contribution in [0, 0.1) is 12.8 Å². The second kappa shape index (κ2) is 7.06. The molecule has 1 aromatic heterocycles. The zero-order valence-electron chi connectivity index (χ0n) is 12.5. The minimum atomic E-state index is 0.607. The topological polar surface area (TPSA) is 39.1 Å². The maximum absolute atomic E-state index is 5.04. The zero-order valence-corrected chi connectivity index (χ0v) is 12.5. The van der Waals surface area contributed by atoms with Crippen LogP contribution in [0.2, 0.25) is 0 Å². The van der Waals surface area contributed by atoms with Crippen LogP contribution in [0.15, 0.2) is 6.20 Å². The van der Waals surface area contributed by atoms with Crippen molar-refractivity contribution in [1.29, 1.82) is 0 Å². The molecule has 2 atom stereocenters. The highest BCUT2D eigenvalue weighted by Crippen LogP contribution is 2.32. The maximum atomic E-state index is 5.04. The smallest absolute Gasteiger partial charge is 0.0638 e. The highest BCUT2D eigenvalue weighted by molar-refractivity contribution is 5.15. The van der Waals surface area contributed by atoms with Gasteiger partial charge in [0.1, 0.15) is 0 Å². The van der Waals surface area contributed by atoms with Gasteiger partial charge < -0.3 is 10.1 Å². The van der Waals surface area contributed by atoms with Gasteiger partial charge in [0.2, 0.25) is 0 Å². The van der Waals surface area contributed by atoms with Crippen molar-refractivity contribution in [2.45, 2.75) is 52.1 Å². The molecule has 108 valence electrons. The fourth-order valence-electron chi connectivity index (χ4n) is 2.92. The summed E-state index contributed by atoms with van der Waals surface area (Å²) in [7, 11) is 1.73. The standard InChI is InChI=1S/C15H27N3O/c1-12-5-4-6-15(9-12)18-11-14(13(2)17-18)10-16-7-8-19-3/h11-12,15-16H,4-10H2,1-3H3. The second-order valence-corrected chi connectivity index (χ2v) is 5.81. The van der Waals surface area contributed by atoms with Gasteiger partial charge in [0.25, 0.3) is 0 Å². The molecule has 1 aliphatic rings. The van der Waals surface area contributed by atoms with Gasteiger partial charge in [-0.1, -0.05) is 19.8 Å². The van der Waals surface area contributed by atoms with Crippen LogP contribution in [-0.4, -0.2) is 30.0 Å². The predicted molar refractivity (Wildman–Crippen MR) is 77.2 cm³/mol. The average molecular weight is 265 g/mol. The Morgan fingerprint density at radius 3 is 3.05 bits per heavy atom. The third kappa shape index (κ3) is 4.05. The van der Waals surface area contributed by atoms with Crippen LogP contribution in [0.1, 0.15) is 49.9 Å². The molecule has 1 aromatic rings. The molecule has 0 saturated heterocycles. The summed E-state index contributed by atoms with van der Waals surface area (Å²) in [6, 6.07) is 0.607. The van der Waals surface area contributed by atoms with Crippen molar-refractivity contribution >= 4 is 0 Å². The molecular formula is C15H27N3O. The van der Waals surface area contributed by atoms with Gasteiger partial charge in [-0.15, -0.1) is 0 Å². The Labute approximate surface area is 116 Å². The van der Waals surface area contributed by atoms with Crippen LogP contribution in [-0.2, 0) is 11.3 Å². The molecule has 0 aliphatic heterocycles. The number of nitrogens with zero attached hydrogens (tertiary/aromatic N) is 2. The second-order valence-electron chi connectivity index (χ2n) is 5.81. The minimum Gasteiger partial charge on any atom is -0.383 e. The van der Waals surface area contributed by atoms with E-state index in [2.05, 4.69) is 30.0 Å². The van der Waals surface area contributed by atoms with Crippen molar-refractivity contribution in [1.82, 2.24) is 15.1 Å². The summed E-state index contributed by atoms with van der Waals surface area (Å²) in [5, 5.41) is 8.10. The number of nitrogens with one attached hydrogen (secondary N) is 1. The molecule has 1 aliphatic carbocycles. The molecule has 1 N–H and O–H groups in total. The van der Waals surface area contributed by atoms with E-state index in [9.17, 15) is 0 Å². The normalized spacial score (nSPS) is 23.7. The molecular weight excluding hydrogens is 238 g/mol. The van der Waals surface area contributed by atoms with E-state index in [1.54, 1.807) is 7.11 Å². The fraction of sp³-hybridized carbons (Fsp3) is 0.800. The summed E-state index contributed by atoms with van der Waals surface area (Å²) in [5.74, 6) is 0.839. The lowest BCUT2D eigenvalue weighted by Crippen LogP contribution is -2.19. The molecule has 0 aromatic carbocycles. The first-order chi connectivity index (χ1) is 9.20. The highest BCUT2D eigenvalue weighted by atomic mass is 16.5. The number of hydrogen-bond acceptors (Lipinski definition) is 3. The first-order valence-corrected chi connectivity index (χ1v) is 7.45. The monoisotopic (exact) mass is 265 g/mol. The van der Waals surface area contributed by atoms with Gasteiger partial charge in [-0.3, -0.25) is 4.68 Å². The maximum Gasteiger partial charge on any atom is 0.0638 e. The molecule has 19 heavy (non-hydrogen) atoms. The Morgan fingerprint density at radius 2 is 2.32 bits per heavy atom. The molecule has 0 spiro atoms. The van der Waals surface area contributed by atoms with Crippen molar-refractivity contribution in [2.75, 3.05) is 20.3 Å². The van der Waals surface area contributed by atoms with Gasteiger partial charge in [0, 0.05) is 32.0 Å². The number of methoxy groups -OCH3 is 1. The zero-order chi connectivity index (χ0) is 13.7.